The number of hydrogen-bond donors (Lipinski definition) is 0. The molecule has 4 nitrogen and oxygen atoms in total. The third kappa shape index (κ3) is 1.64. The molecular weight excluding hydrogens is 216 g/mol. The third-order valence-electron chi connectivity index (χ3n) is 2.09. The van der Waals surface area contributed by atoms with E-state index in [-0.39, 0.29) is 5.69 Å². The monoisotopic (exact) mass is 222 g/mol. The average molecular weight is 223 g/mol. The van der Waals surface area contributed by atoms with Gasteiger partial charge in [0.25, 0.3) is 5.69 Å². The van der Waals surface area contributed by atoms with E-state index in [2.05, 4.69) is 4.98 Å². The van der Waals surface area contributed by atoms with Gasteiger partial charge < -0.3 is 0 Å². The van der Waals surface area contributed by atoms with Crippen molar-refractivity contribution in [1.82, 2.24) is 4.98 Å². The molecule has 2 aromatic rings. The number of halogens is 1. The van der Waals surface area contributed by atoms with Crippen molar-refractivity contribution in [3.8, 4) is 0 Å². The Hall–Kier alpha value is -1.68. The van der Waals surface area contributed by atoms with Crippen LogP contribution in [0.4, 0.5) is 5.69 Å². The van der Waals surface area contributed by atoms with Gasteiger partial charge in [-0.2, -0.15) is 0 Å². The smallest absolute Gasteiger partial charge is 0.258 e. The van der Waals surface area contributed by atoms with Crippen LogP contribution < -0.4 is 0 Å². The van der Waals surface area contributed by atoms with Crippen molar-refractivity contribution in [3.05, 3.63) is 45.1 Å². The summed E-state index contributed by atoms with van der Waals surface area (Å²) in [7, 11) is 0. The van der Waals surface area contributed by atoms with Gasteiger partial charge in [0.2, 0.25) is 0 Å². The second-order valence-electron chi connectivity index (χ2n) is 3.17. The maximum Gasteiger partial charge on any atom is 0.282 e. The Kier molecular flexibility index (Phi) is 2.28. The first-order valence-electron chi connectivity index (χ1n) is 4.30. The number of rotatable bonds is 1. The van der Waals surface area contributed by atoms with Gasteiger partial charge in [-0.05, 0) is 19.1 Å². The zero-order valence-electron chi connectivity index (χ0n) is 7.90. The van der Waals surface area contributed by atoms with Crippen molar-refractivity contribution in [2.24, 2.45) is 0 Å². The lowest BCUT2D eigenvalue weighted by Gasteiger charge is -2.02. The van der Waals surface area contributed by atoms with Crippen LogP contribution in [0.15, 0.2) is 24.3 Å². The molecule has 0 spiro atoms. The Bertz CT molecular complexity index is 554. The van der Waals surface area contributed by atoms with Gasteiger partial charge >= 0.3 is 0 Å². The Labute approximate surface area is 90.7 Å². The molecule has 15 heavy (non-hydrogen) atoms. The molecule has 1 heterocycles. The summed E-state index contributed by atoms with van der Waals surface area (Å²) >= 11 is 5.91. The lowest BCUT2D eigenvalue weighted by atomic mass is 10.1. The van der Waals surface area contributed by atoms with Crippen molar-refractivity contribution < 1.29 is 4.92 Å². The summed E-state index contributed by atoms with van der Waals surface area (Å²) in [5.41, 5.74) is 1.16. The molecule has 0 radical (unpaired) electrons. The van der Waals surface area contributed by atoms with Gasteiger partial charge in [0.1, 0.15) is 0 Å². The standard InChI is InChI=1S/C10H7ClN2O2/c1-6-5-9(13(14)15)10-7(11)3-2-4-8(10)12-6/h2-5H,1H3. The fourth-order valence-electron chi connectivity index (χ4n) is 1.50. The first-order chi connectivity index (χ1) is 7.09. The topological polar surface area (TPSA) is 56.0 Å². The molecule has 0 atom stereocenters. The molecule has 0 saturated heterocycles. The molecule has 0 aliphatic rings. The predicted octanol–water partition coefficient (Wildman–Crippen LogP) is 3.10. The van der Waals surface area contributed by atoms with Crippen LogP contribution >= 0.6 is 11.6 Å². The Morgan fingerprint density at radius 2 is 2.20 bits per heavy atom. The highest BCUT2D eigenvalue weighted by atomic mass is 35.5. The number of nitro groups is 1. The van der Waals surface area contributed by atoms with E-state index in [9.17, 15) is 10.1 Å². The number of aromatic nitrogens is 1. The third-order valence-corrected chi connectivity index (χ3v) is 2.40. The molecule has 2 rings (SSSR count). The van der Waals surface area contributed by atoms with E-state index >= 15 is 0 Å². The zero-order valence-corrected chi connectivity index (χ0v) is 8.65. The Balaban J connectivity index is 2.94. The van der Waals surface area contributed by atoms with Gasteiger partial charge in [0, 0.05) is 11.8 Å². The van der Waals surface area contributed by atoms with Crippen molar-refractivity contribution in [1.29, 1.82) is 0 Å². The normalized spacial score (nSPS) is 10.5. The second-order valence-corrected chi connectivity index (χ2v) is 3.58. The summed E-state index contributed by atoms with van der Waals surface area (Å²) in [4.78, 5) is 14.6. The van der Waals surface area contributed by atoms with Crippen LogP contribution in [0.5, 0.6) is 0 Å². The molecular formula is C10H7ClN2O2. The molecule has 5 heteroatoms. The van der Waals surface area contributed by atoms with Crippen LogP contribution in [-0.2, 0) is 0 Å². The Morgan fingerprint density at radius 1 is 1.47 bits per heavy atom. The van der Waals surface area contributed by atoms with Crippen LogP contribution in [0.1, 0.15) is 5.69 Å². The van der Waals surface area contributed by atoms with E-state index in [4.69, 9.17) is 11.6 Å². The predicted molar refractivity (Wildman–Crippen MR) is 58.1 cm³/mol. The van der Waals surface area contributed by atoms with E-state index in [1.165, 1.54) is 6.07 Å². The average Bonchev–Trinajstić information content (AvgIpc) is 2.16. The van der Waals surface area contributed by atoms with E-state index in [0.717, 1.165) is 0 Å². The van der Waals surface area contributed by atoms with Gasteiger partial charge in [0.15, 0.2) is 0 Å². The molecule has 0 aliphatic carbocycles. The molecule has 1 aromatic heterocycles. The fraction of sp³-hybridized carbons (Fsp3) is 0.100. The number of pyridine rings is 1. The fourth-order valence-corrected chi connectivity index (χ4v) is 1.76. The molecule has 0 aliphatic heterocycles. The molecule has 0 N–H and O–H groups in total. The maximum atomic E-state index is 10.8. The van der Waals surface area contributed by atoms with Crippen molar-refractivity contribution in [2.75, 3.05) is 0 Å². The summed E-state index contributed by atoms with van der Waals surface area (Å²) < 4.78 is 0. The maximum absolute atomic E-state index is 10.8. The largest absolute Gasteiger partial charge is 0.282 e. The van der Waals surface area contributed by atoms with E-state index in [1.807, 2.05) is 0 Å². The summed E-state index contributed by atoms with van der Waals surface area (Å²) in [5.74, 6) is 0. The molecule has 0 bridgehead atoms. The van der Waals surface area contributed by atoms with Crippen molar-refractivity contribution in [2.45, 2.75) is 6.92 Å². The summed E-state index contributed by atoms with van der Waals surface area (Å²) in [6.45, 7) is 1.72. The molecule has 0 unspecified atom stereocenters. The lowest BCUT2D eigenvalue weighted by molar-refractivity contribution is -0.383. The minimum atomic E-state index is -0.442. The van der Waals surface area contributed by atoms with Gasteiger partial charge in [-0.1, -0.05) is 17.7 Å². The summed E-state index contributed by atoms with van der Waals surface area (Å²) in [6.07, 6.45) is 0. The number of benzene rings is 1. The van der Waals surface area contributed by atoms with Crippen molar-refractivity contribution in [3.63, 3.8) is 0 Å². The first-order valence-corrected chi connectivity index (χ1v) is 4.67. The Morgan fingerprint density at radius 3 is 2.87 bits per heavy atom. The molecule has 1 aromatic carbocycles. The van der Waals surface area contributed by atoms with Crippen LogP contribution in [0.25, 0.3) is 10.9 Å². The van der Waals surface area contributed by atoms with Gasteiger partial charge in [-0.15, -0.1) is 0 Å². The lowest BCUT2D eigenvalue weighted by Crippen LogP contribution is -1.93. The number of aryl methyl sites for hydroxylation is 1. The van der Waals surface area contributed by atoms with Crippen LogP contribution in [-0.4, -0.2) is 9.91 Å². The highest BCUT2D eigenvalue weighted by Gasteiger charge is 2.16. The van der Waals surface area contributed by atoms with E-state index < -0.39 is 4.92 Å². The van der Waals surface area contributed by atoms with Gasteiger partial charge in [0.05, 0.1) is 20.8 Å². The number of hydrogen-bond acceptors (Lipinski definition) is 3. The molecule has 0 fully saturated rings. The van der Waals surface area contributed by atoms with Crippen LogP contribution in [0.2, 0.25) is 5.02 Å². The number of nitrogens with zero attached hydrogens (tertiary/aromatic N) is 2. The first kappa shape index (κ1) is 9.86. The van der Waals surface area contributed by atoms with Crippen LogP contribution in [0, 0.1) is 17.0 Å². The minimum absolute atomic E-state index is 0.00287. The van der Waals surface area contributed by atoms with Gasteiger partial charge in [-0.25, -0.2) is 0 Å². The van der Waals surface area contributed by atoms with E-state index in [1.54, 1.807) is 25.1 Å². The summed E-state index contributed by atoms with van der Waals surface area (Å²) in [5, 5.41) is 11.6. The van der Waals surface area contributed by atoms with E-state index in [0.29, 0.717) is 21.6 Å². The number of fused-ring (bicyclic) bond motifs is 1. The molecule has 0 amide bonds. The second kappa shape index (κ2) is 3.47. The molecule has 0 saturated carbocycles. The van der Waals surface area contributed by atoms with Gasteiger partial charge in [-0.3, -0.25) is 15.1 Å². The minimum Gasteiger partial charge on any atom is -0.258 e. The summed E-state index contributed by atoms with van der Waals surface area (Å²) in [6, 6.07) is 6.48. The highest BCUT2D eigenvalue weighted by molar-refractivity contribution is 6.36. The highest BCUT2D eigenvalue weighted by Crippen LogP contribution is 2.31. The van der Waals surface area contributed by atoms with Crippen LogP contribution in [0.3, 0.4) is 0 Å². The molecule has 76 valence electrons. The quantitative estimate of drug-likeness (QED) is 0.550. The van der Waals surface area contributed by atoms with Crippen molar-refractivity contribution >= 4 is 28.2 Å². The zero-order chi connectivity index (χ0) is 11.0. The SMILES string of the molecule is Cc1cc([N+](=O)[O-])c2c(Cl)cccc2n1.